The van der Waals surface area contributed by atoms with Gasteiger partial charge >= 0.3 is 0 Å². The zero-order chi connectivity index (χ0) is 11.1. The lowest BCUT2D eigenvalue weighted by atomic mass is 9.94. The Morgan fingerprint density at radius 1 is 1.40 bits per heavy atom. The smallest absolute Gasteiger partial charge is 0.220 e. The average molecular weight is 217 g/mol. The zero-order valence-corrected chi connectivity index (χ0v) is 8.87. The molecule has 0 atom stereocenters. The SMILES string of the molecule is O=C(CCCO)NCC1(O)CCOCC1. The van der Waals surface area contributed by atoms with Gasteiger partial charge in [0.1, 0.15) is 0 Å². The summed E-state index contributed by atoms with van der Waals surface area (Å²) in [6, 6.07) is 0. The molecule has 0 unspecified atom stereocenters. The highest BCUT2D eigenvalue weighted by molar-refractivity contribution is 5.75. The highest BCUT2D eigenvalue weighted by atomic mass is 16.5. The Hall–Kier alpha value is -0.650. The first-order chi connectivity index (χ1) is 7.16. The maximum atomic E-state index is 11.2. The van der Waals surface area contributed by atoms with Crippen molar-refractivity contribution in [3.63, 3.8) is 0 Å². The number of amides is 1. The molecule has 0 aliphatic carbocycles. The molecule has 0 bridgehead atoms. The molecule has 0 radical (unpaired) electrons. The summed E-state index contributed by atoms with van der Waals surface area (Å²) < 4.78 is 5.13. The molecule has 0 aromatic heterocycles. The van der Waals surface area contributed by atoms with E-state index in [4.69, 9.17) is 9.84 Å². The average Bonchev–Trinajstić information content (AvgIpc) is 2.25. The van der Waals surface area contributed by atoms with Gasteiger partial charge in [0.15, 0.2) is 0 Å². The summed E-state index contributed by atoms with van der Waals surface area (Å²) in [6.07, 6.45) is 1.90. The van der Waals surface area contributed by atoms with Crippen LogP contribution in [-0.2, 0) is 9.53 Å². The molecule has 5 nitrogen and oxygen atoms in total. The number of hydrogen-bond acceptors (Lipinski definition) is 4. The van der Waals surface area contributed by atoms with Crippen LogP contribution in [0.4, 0.5) is 0 Å². The fraction of sp³-hybridized carbons (Fsp3) is 0.900. The number of hydrogen-bond donors (Lipinski definition) is 3. The molecule has 1 fully saturated rings. The number of aliphatic hydroxyl groups excluding tert-OH is 1. The summed E-state index contributed by atoms with van der Waals surface area (Å²) in [4.78, 5) is 11.2. The Labute approximate surface area is 89.4 Å². The maximum absolute atomic E-state index is 11.2. The Morgan fingerprint density at radius 3 is 2.67 bits per heavy atom. The Kier molecular flexibility index (Phi) is 5.01. The fourth-order valence-corrected chi connectivity index (χ4v) is 1.52. The minimum absolute atomic E-state index is 0.0194. The lowest BCUT2D eigenvalue weighted by Gasteiger charge is -2.32. The van der Waals surface area contributed by atoms with Gasteiger partial charge in [0.05, 0.1) is 5.60 Å². The maximum Gasteiger partial charge on any atom is 0.220 e. The van der Waals surface area contributed by atoms with E-state index in [9.17, 15) is 9.90 Å². The van der Waals surface area contributed by atoms with E-state index in [1.807, 2.05) is 0 Å². The second kappa shape index (κ2) is 6.05. The Balaban J connectivity index is 2.19. The van der Waals surface area contributed by atoms with Crippen molar-refractivity contribution in [1.82, 2.24) is 5.32 Å². The summed E-state index contributed by atoms with van der Waals surface area (Å²) in [5.41, 5.74) is -0.812. The Bertz CT molecular complexity index is 202. The third-order valence-electron chi connectivity index (χ3n) is 2.60. The van der Waals surface area contributed by atoms with Crippen LogP contribution in [0.25, 0.3) is 0 Å². The van der Waals surface area contributed by atoms with Gasteiger partial charge in [0, 0.05) is 45.6 Å². The summed E-state index contributed by atoms with van der Waals surface area (Å²) in [7, 11) is 0. The first-order valence-electron chi connectivity index (χ1n) is 5.34. The van der Waals surface area contributed by atoms with Crippen molar-refractivity contribution >= 4 is 5.91 Å². The molecule has 1 aliphatic heterocycles. The molecule has 15 heavy (non-hydrogen) atoms. The van der Waals surface area contributed by atoms with Gasteiger partial charge in [0.25, 0.3) is 0 Å². The second-order valence-corrected chi connectivity index (χ2v) is 3.94. The van der Waals surface area contributed by atoms with Crippen molar-refractivity contribution in [1.29, 1.82) is 0 Å². The number of nitrogens with one attached hydrogen (secondary N) is 1. The molecule has 1 heterocycles. The summed E-state index contributed by atoms with van der Waals surface area (Å²) in [6.45, 7) is 1.39. The van der Waals surface area contributed by atoms with Crippen LogP contribution in [0.15, 0.2) is 0 Å². The molecule has 0 aromatic carbocycles. The van der Waals surface area contributed by atoms with Gasteiger partial charge in [-0.25, -0.2) is 0 Å². The first-order valence-corrected chi connectivity index (χ1v) is 5.34. The summed E-state index contributed by atoms with van der Waals surface area (Å²) in [5.74, 6) is -0.121. The van der Waals surface area contributed by atoms with Crippen molar-refractivity contribution in [3.05, 3.63) is 0 Å². The fourth-order valence-electron chi connectivity index (χ4n) is 1.52. The van der Waals surface area contributed by atoms with Gasteiger partial charge in [0.2, 0.25) is 5.91 Å². The zero-order valence-electron chi connectivity index (χ0n) is 8.87. The number of aliphatic hydroxyl groups is 2. The molecule has 1 saturated heterocycles. The third-order valence-corrected chi connectivity index (χ3v) is 2.60. The van der Waals surface area contributed by atoms with Crippen molar-refractivity contribution < 1.29 is 19.7 Å². The number of ether oxygens (including phenoxy) is 1. The van der Waals surface area contributed by atoms with Gasteiger partial charge in [-0.05, 0) is 6.42 Å². The molecule has 88 valence electrons. The van der Waals surface area contributed by atoms with Crippen LogP contribution >= 0.6 is 0 Å². The van der Waals surface area contributed by atoms with E-state index in [0.717, 1.165) is 0 Å². The van der Waals surface area contributed by atoms with Crippen molar-refractivity contribution in [2.75, 3.05) is 26.4 Å². The lowest BCUT2D eigenvalue weighted by Crippen LogP contribution is -2.46. The second-order valence-electron chi connectivity index (χ2n) is 3.94. The molecule has 1 rings (SSSR count). The molecule has 1 amide bonds. The molecular formula is C10H19NO4. The number of carbonyl (C=O) groups is 1. The van der Waals surface area contributed by atoms with Crippen LogP contribution < -0.4 is 5.32 Å². The third kappa shape index (κ3) is 4.59. The van der Waals surface area contributed by atoms with Crippen molar-refractivity contribution in [2.24, 2.45) is 0 Å². The monoisotopic (exact) mass is 217 g/mol. The predicted octanol–water partition coefficient (Wildman–Crippen LogP) is -0.583. The van der Waals surface area contributed by atoms with E-state index in [0.29, 0.717) is 38.9 Å². The van der Waals surface area contributed by atoms with E-state index in [-0.39, 0.29) is 19.1 Å². The van der Waals surface area contributed by atoms with Crippen LogP contribution in [0.5, 0.6) is 0 Å². The van der Waals surface area contributed by atoms with E-state index in [1.165, 1.54) is 0 Å². The topological polar surface area (TPSA) is 78.8 Å². The van der Waals surface area contributed by atoms with Crippen molar-refractivity contribution in [3.8, 4) is 0 Å². The normalized spacial score (nSPS) is 19.9. The van der Waals surface area contributed by atoms with Crippen LogP contribution in [0, 0.1) is 0 Å². The standard InChI is InChI=1S/C10H19NO4/c12-5-1-2-9(13)11-8-10(14)3-6-15-7-4-10/h12,14H,1-8H2,(H,11,13). The molecular weight excluding hydrogens is 198 g/mol. The molecule has 0 saturated carbocycles. The largest absolute Gasteiger partial charge is 0.396 e. The predicted molar refractivity (Wildman–Crippen MR) is 54.3 cm³/mol. The molecule has 5 heteroatoms. The van der Waals surface area contributed by atoms with E-state index < -0.39 is 5.60 Å². The quantitative estimate of drug-likeness (QED) is 0.575. The van der Waals surface area contributed by atoms with Crippen LogP contribution in [0.1, 0.15) is 25.7 Å². The molecule has 1 aliphatic rings. The molecule has 0 aromatic rings. The molecule has 0 spiro atoms. The minimum Gasteiger partial charge on any atom is -0.396 e. The van der Waals surface area contributed by atoms with Crippen molar-refractivity contribution in [2.45, 2.75) is 31.3 Å². The van der Waals surface area contributed by atoms with E-state index in [2.05, 4.69) is 5.32 Å². The first kappa shape index (κ1) is 12.4. The van der Waals surface area contributed by atoms with Crippen LogP contribution in [0.3, 0.4) is 0 Å². The van der Waals surface area contributed by atoms with Gasteiger partial charge in [-0.3, -0.25) is 4.79 Å². The lowest BCUT2D eigenvalue weighted by molar-refractivity contribution is -0.124. The number of rotatable bonds is 5. The van der Waals surface area contributed by atoms with Gasteiger partial charge < -0.3 is 20.3 Å². The minimum atomic E-state index is -0.812. The highest BCUT2D eigenvalue weighted by Crippen LogP contribution is 2.19. The van der Waals surface area contributed by atoms with E-state index >= 15 is 0 Å². The number of carbonyl (C=O) groups excluding carboxylic acids is 1. The van der Waals surface area contributed by atoms with Crippen LogP contribution in [-0.4, -0.2) is 48.1 Å². The van der Waals surface area contributed by atoms with Crippen LogP contribution in [0.2, 0.25) is 0 Å². The highest BCUT2D eigenvalue weighted by Gasteiger charge is 2.29. The Morgan fingerprint density at radius 2 is 2.07 bits per heavy atom. The summed E-state index contributed by atoms with van der Waals surface area (Å²) in [5, 5.41) is 21.2. The van der Waals surface area contributed by atoms with Gasteiger partial charge in [-0.2, -0.15) is 0 Å². The van der Waals surface area contributed by atoms with Gasteiger partial charge in [-0.15, -0.1) is 0 Å². The molecule has 3 N–H and O–H groups in total. The van der Waals surface area contributed by atoms with Gasteiger partial charge in [-0.1, -0.05) is 0 Å². The van der Waals surface area contributed by atoms with E-state index in [1.54, 1.807) is 0 Å². The summed E-state index contributed by atoms with van der Waals surface area (Å²) >= 11 is 0.